The molecule has 0 saturated carbocycles. The molecule has 0 saturated heterocycles. The molecule has 2 rings (SSSR count). The van der Waals surface area contributed by atoms with Gasteiger partial charge in [-0.15, -0.1) is 5.10 Å². The van der Waals surface area contributed by atoms with Crippen molar-refractivity contribution in [3.05, 3.63) is 23.0 Å². The zero-order valence-electron chi connectivity index (χ0n) is 8.80. The molecule has 0 atom stereocenters. The van der Waals surface area contributed by atoms with E-state index >= 15 is 0 Å². The standard InChI is InChI=1S/C9H11N5O/c1-6-4-8(5-15)7(2)14(6)9-10-12-13(3)11-9/h4-5H,1-3H3. The van der Waals surface area contributed by atoms with Crippen LogP contribution < -0.4 is 0 Å². The second-order valence-electron chi connectivity index (χ2n) is 3.36. The topological polar surface area (TPSA) is 65.6 Å². The van der Waals surface area contributed by atoms with E-state index in [0.717, 1.165) is 17.7 Å². The van der Waals surface area contributed by atoms with Gasteiger partial charge in [-0.2, -0.15) is 4.80 Å². The average molecular weight is 205 g/mol. The molecule has 0 aliphatic heterocycles. The number of aldehydes is 1. The first kappa shape index (κ1) is 9.57. The number of carbonyl (C=O) groups is 1. The van der Waals surface area contributed by atoms with E-state index in [9.17, 15) is 4.79 Å². The van der Waals surface area contributed by atoms with Gasteiger partial charge in [0.2, 0.25) is 0 Å². The third kappa shape index (κ3) is 1.43. The number of hydrogen-bond acceptors (Lipinski definition) is 4. The third-order valence-electron chi connectivity index (χ3n) is 2.30. The van der Waals surface area contributed by atoms with Crippen LogP contribution in [0.15, 0.2) is 6.07 Å². The van der Waals surface area contributed by atoms with Crippen LogP contribution in [0.25, 0.3) is 5.95 Å². The minimum Gasteiger partial charge on any atom is -0.298 e. The van der Waals surface area contributed by atoms with Gasteiger partial charge in [-0.05, 0) is 25.1 Å². The molecule has 2 aromatic rings. The van der Waals surface area contributed by atoms with Gasteiger partial charge in [-0.3, -0.25) is 9.36 Å². The van der Waals surface area contributed by atoms with E-state index in [2.05, 4.69) is 15.4 Å². The maximum atomic E-state index is 10.8. The fraction of sp³-hybridized carbons (Fsp3) is 0.333. The number of carbonyl (C=O) groups excluding carboxylic acids is 1. The predicted octanol–water partition coefficient (Wildman–Crippen LogP) is 0.430. The third-order valence-corrected chi connectivity index (χ3v) is 2.30. The predicted molar refractivity (Wildman–Crippen MR) is 53.0 cm³/mol. The Bertz CT molecular complexity index is 511. The van der Waals surface area contributed by atoms with Crippen molar-refractivity contribution in [2.45, 2.75) is 13.8 Å². The highest BCUT2D eigenvalue weighted by Crippen LogP contribution is 2.15. The maximum absolute atomic E-state index is 10.8. The Labute approximate surface area is 86.5 Å². The van der Waals surface area contributed by atoms with Gasteiger partial charge >= 0.3 is 0 Å². The molecule has 6 nitrogen and oxygen atoms in total. The van der Waals surface area contributed by atoms with Crippen LogP contribution in [0.1, 0.15) is 21.7 Å². The number of rotatable bonds is 2. The van der Waals surface area contributed by atoms with Crippen molar-refractivity contribution in [1.29, 1.82) is 0 Å². The van der Waals surface area contributed by atoms with E-state index in [1.54, 1.807) is 17.7 Å². The summed E-state index contributed by atoms with van der Waals surface area (Å²) in [7, 11) is 1.70. The smallest absolute Gasteiger partial charge is 0.274 e. The molecule has 0 radical (unpaired) electrons. The van der Waals surface area contributed by atoms with E-state index in [1.165, 1.54) is 4.80 Å². The first-order valence-electron chi connectivity index (χ1n) is 4.52. The highest BCUT2D eigenvalue weighted by molar-refractivity contribution is 5.77. The molecular formula is C9H11N5O. The van der Waals surface area contributed by atoms with Gasteiger partial charge in [-0.1, -0.05) is 5.10 Å². The Hall–Kier alpha value is -1.98. The summed E-state index contributed by atoms with van der Waals surface area (Å²) < 4.78 is 1.80. The summed E-state index contributed by atoms with van der Waals surface area (Å²) in [5.74, 6) is 0.487. The molecule has 0 aromatic carbocycles. The molecule has 2 heterocycles. The largest absolute Gasteiger partial charge is 0.298 e. The van der Waals surface area contributed by atoms with Gasteiger partial charge in [0.25, 0.3) is 5.95 Å². The van der Waals surface area contributed by atoms with Crippen molar-refractivity contribution < 1.29 is 4.79 Å². The summed E-state index contributed by atoms with van der Waals surface area (Å²) >= 11 is 0. The molecule has 15 heavy (non-hydrogen) atoms. The molecule has 0 unspecified atom stereocenters. The first-order valence-corrected chi connectivity index (χ1v) is 4.52. The van der Waals surface area contributed by atoms with Gasteiger partial charge in [-0.25, -0.2) is 0 Å². The van der Waals surface area contributed by atoms with Crippen LogP contribution in [-0.2, 0) is 7.05 Å². The second-order valence-corrected chi connectivity index (χ2v) is 3.36. The molecule has 0 fully saturated rings. The van der Waals surface area contributed by atoms with E-state index < -0.39 is 0 Å². The number of aromatic nitrogens is 5. The zero-order valence-corrected chi connectivity index (χ0v) is 8.80. The minimum atomic E-state index is 0.487. The van der Waals surface area contributed by atoms with Gasteiger partial charge in [0.05, 0.1) is 7.05 Å². The van der Waals surface area contributed by atoms with Crippen LogP contribution >= 0.6 is 0 Å². The number of aryl methyl sites for hydroxylation is 2. The lowest BCUT2D eigenvalue weighted by Crippen LogP contribution is -2.02. The average Bonchev–Trinajstić information content (AvgIpc) is 2.71. The van der Waals surface area contributed by atoms with Crippen LogP contribution in [0.2, 0.25) is 0 Å². The summed E-state index contributed by atoms with van der Waals surface area (Å²) in [4.78, 5) is 12.1. The van der Waals surface area contributed by atoms with Crippen LogP contribution in [0.3, 0.4) is 0 Å². The molecule has 0 N–H and O–H groups in total. The molecule has 78 valence electrons. The Morgan fingerprint density at radius 1 is 1.40 bits per heavy atom. The Morgan fingerprint density at radius 3 is 2.60 bits per heavy atom. The highest BCUT2D eigenvalue weighted by Gasteiger charge is 2.13. The Morgan fingerprint density at radius 2 is 2.13 bits per heavy atom. The van der Waals surface area contributed by atoms with Gasteiger partial charge in [0.15, 0.2) is 6.29 Å². The Balaban J connectivity index is 2.62. The molecule has 0 aliphatic carbocycles. The fourth-order valence-electron chi connectivity index (χ4n) is 1.58. The van der Waals surface area contributed by atoms with Crippen molar-refractivity contribution in [2.24, 2.45) is 7.05 Å². The van der Waals surface area contributed by atoms with E-state index in [-0.39, 0.29) is 0 Å². The molecule has 6 heteroatoms. The van der Waals surface area contributed by atoms with E-state index in [1.807, 2.05) is 13.8 Å². The SMILES string of the molecule is Cc1cc(C=O)c(C)n1-c1nnn(C)n1. The van der Waals surface area contributed by atoms with Crippen LogP contribution in [0.5, 0.6) is 0 Å². The summed E-state index contributed by atoms with van der Waals surface area (Å²) in [6.45, 7) is 3.75. The van der Waals surface area contributed by atoms with Gasteiger partial charge < -0.3 is 0 Å². The number of nitrogens with zero attached hydrogens (tertiary/aromatic N) is 5. The monoisotopic (exact) mass is 205 g/mol. The minimum absolute atomic E-state index is 0.487. The normalized spacial score (nSPS) is 10.6. The van der Waals surface area contributed by atoms with E-state index in [4.69, 9.17) is 0 Å². The molecule has 0 bridgehead atoms. The van der Waals surface area contributed by atoms with E-state index in [0.29, 0.717) is 11.5 Å². The second kappa shape index (κ2) is 3.30. The molecule has 0 spiro atoms. The highest BCUT2D eigenvalue weighted by atomic mass is 16.1. The summed E-state index contributed by atoms with van der Waals surface area (Å²) in [6.07, 6.45) is 0.829. The summed E-state index contributed by atoms with van der Waals surface area (Å²) in [5, 5.41) is 11.8. The van der Waals surface area contributed by atoms with Crippen molar-refractivity contribution >= 4 is 6.29 Å². The molecule has 2 aromatic heterocycles. The van der Waals surface area contributed by atoms with Gasteiger partial charge in [0.1, 0.15) is 0 Å². The molecular weight excluding hydrogens is 194 g/mol. The fourth-order valence-corrected chi connectivity index (χ4v) is 1.58. The molecule has 0 amide bonds. The first-order chi connectivity index (χ1) is 7.13. The lowest BCUT2D eigenvalue weighted by Gasteiger charge is -2.01. The van der Waals surface area contributed by atoms with Crippen LogP contribution in [0.4, 0.5) is 0 Å². The van der Waals surface area contributed by atoms with Crippen LogP contribution in [-0.4, -0.2) is 31.1 Å². The lowest BCUT2D eigenvalue weighted by molar-refractivity contribution is 0.112. The number of tetrazole rings is 1. The molecule has 0 aliphatic rings. The van der Waals surface area contributed by atoms with Crippen LogP contribution in [0, 0.1) is 13.8 Å². The summed E-state index contributed by atoms with van der Waals surface area (Å²) in [6, 6.07) is 1.80. The maximum Gasteiger partial charge on any atom is 0.274 e. The lowest BCUT2D eigenvalue weighted by atomic mass is 10.3. The zero-order chi connectivity index (χ0) is 11.0. The Kier molecular flexibility index (Phi) is 2.11. The van der Waals surface area contributed by atoms with Crippen molar-refractivity contribution in [1.82, 2.24) is 24.8 Å². The number of hydrogen-bond donors (Lipinski definition) is 0. The summed E-state index contributed by atoms with van der Waals surface area (Å²) in [5.41, 5.74) is 2.40. The van der Waals surface area contributed by atoms with Crippen molar-refractivity contribution in [3.8, 4) is 5.95 Å². The van der Waals surface area contributed by atoms with Crippen molar-refractivity contribution in [2.75, 3.05) is 0 Å². The van der Waals surface area contributed by atoms with Crippen molar-refractivity contribution in [3.63, 3.8) is 0 Å². The van der Waals surface area contributed by atoms with Gasteiger partial charge in [0, 0.05) is 17.0 Å². The quantitative estimate of drug-likeness (QED) is 0.667.